The molecule has 0 saturated carbocycles. The van der Waals surface area contributed by atoms with Gasteiger partial charge >= 0.3 is 5.97 Å². The van der Waals surface area contributed by atoms with Crippen molar-refractivity contribution in [3.05, 3.63) is 35.1 Å². The number of hydrogen-bond acceptors (Lipinski definition) is 2. The van der Waals surface area contributed by atoms with E-state index < -0.39 is 11.8 Å². The third kappa shape index (κ3) is 2.82. The summed E-state index contributed by atoms with van der Waals surface area (Å²) in [4.78, 5) is 13.1. The number of aromatic carboxylic acids is 1. The Morgan fingerprint density at radius 2 is 2.29 bits per heavy atom. The SMILES string of the molecule is CC1CCCN1Cc1cc(F)cc(C(=O)O)c1. The molecule has 0 radical (unpaired) electrons. The third-order valence-electron chi connectivity index (χ3n) is 3.28. The van der Waals surface area contributed by atoms with Crippen LogP contribution in [0.15, 0.2) is 18.2 Å². The van der Waals surface area contributed by atoms with Crippen LogP contribution in [-0.4, -0.2) is 28.6 Å². The lowest BCUT2D eigenvalue weighted by molar-refractivity contribution is 0.0696. The molecule has 1 fully saturated rings. The van der Waals surface area contributed by atoms with Gasteiger partial charge in [-0.05, 0) is 50.1 Å². The van der Waals surface area contributed by atoms with Gasteiger partial charge in [-0.1, -0.05) is 0 Å². The molecule has 92 valence electrons. The summed E-state index contributed by atoms with van der Waals surface area (Å²) in [5, 5.41) is 8.87. The molecule has 17 heavy (non-hydrogen) atoms. The predicted molar refractivity (Wildman–Crippen MR) is 62.5 cm³/mol. The second-order valence-electron chi connectivity index (χ2n) is 4.62. The van der Waals surface area contributed by atoms with Crippen LogP contribution in [-0.2, 0) is 6.54 Å². The van der Waals surface area contributed by atoms with Crippen LogP contribution in [0.2, 0.25) is 0 Å². The second kappa shape index (κ2) is 4.84. The summed E-state index contributed by atoms with van der Waals surface area (Å²) >= 11 is 0. The minimum absolute atomic E-state index is 0.0202. The van der Waals surface area contributed by atoms with Gasteiger partial charge in [0.05, 0.1) is 5.56 Å². The molecule has 1 aromatic rings. The highest BCUT2D eigenvalue weighted by Crippen LogP contribution is 2.20. The summed E-state index contributed by atoms with van der Waals surface area (Å²) < 4.78 is 13.3. The number of rotatable bonds is 3. The van der Waals surface area contributed by atoms with Gasteiger partial charge in [0.2, 0.25) is 0 Å². The Bertz CT molecular complexity index is 433. The first-order chi connectivity index (χ1) is 8.06. The smallest absolute Gasteiger partial charge is 0.335 e. The van der Waals surface area contributed by atoms with Gasteiger partial charge in [0, 0.05) is 12.6 Å². The molecule has 1 unspecified atom stereocenters. The largest absolute Gasteiger partial charge is 0.478 e. The fourth-order valence-electron chi connectivity index (χ4n) is 2.33. The van der Waals surface area contributed by atoms with Crippen molar-refractivity contribution in [3.8, 4) is 0 Å². The lowest BCUT2D eigenvalue weighted by Gasteiger charge is -2.21. The van der Waals surface area contributed by atoms with Gasteiger partial charge in [-0.15, -0.1) is 0 Å². The fraction of sp³-hybridized carbons (Fsp3) is 0.462. The monoisotopic (exact) mass is 237 g/mol. The van der Waals surface area contributed by atoms with Gasteiger partial charge in [0.25, 0.3) is 0 Å². The van der Waals surface area contributed by atoms with Crippen LogP contribution in [0.5, 0.6) is 0 Å². The van der Waals surface area contributed by atoms with Crippen LogP contribution in [0, 0.1) is 5.82 Å². The van der Waals surface area contributed by atoms with Crippen LogP contribution >= 0.6 is 0 Å². The molecule has 3 nitrogen and oxygen atoms in total. The molecule has 0 aliphatic carbocycles. The Hall–Kier alpha value is -1.42. The Balaban J connectivity index is 2.17. The molecule has 1 aliphatic rings. The van der Waals surface area contributed by atoms with Crippen molar-refractivity contribution in [1.82, 2.24) is 4.90 Å². The van der Waals surface area contributed by atoms with E-state index in [-0.39, 0.29) is 5.56 Å². The lowest BCUT2D eigenvalue weighted by atomic mass is 10.1. The van der Waals surface area contributed by atoms with Gasteiger partial charge in [-0.3, -0.25) is 4.90 Å². The van der Waals surface area contributed by atoms with Crippen molar-refractivity contribution in [2.45, 2.75) is 32.4 Å². The Morgan fingerprint density at radius 1 is 1.53 bits per heavy atom. The zero-order valence-corrected chi connectivity index (χ0v) is 9.82. The first-order valence-corrected chi connectivity index (χ1v) is 5.83. The number of hydrogen-bond donors (Lipinski definition) is 1. The molecular formula is C13H16FNO2. The number of nitrogens with zero attached hydrogens (tertiary/aromatic N) is 1. The fourth-order valence-corrected chi connectivity index (χ4v) is 2.33. The van der Waals surface area contributed by atoms with Gasteiger partial charge in [0.1, 0.15) is 5.82 Å². The molecule has 1 N–H and O–H groups in total. The Labute approximate surface area is 99.9 Å². The number of carboxylic acid groups (broad SMARTS) is 1. The molecule has 1 aliphatic heterocycles. The summed E-state index contributed by atoms with van der Waals surface area (Å²) in [5.41, 5.74) is 0.753. The summed E-state index contributed by atoms with van der Waals surface area (Å²) in [6.07, 6.45) is 2.31. The van der Waals surface area contributed by atoms with E-state index in [4.69, 9.17) is 5.11 Å². The quantitative estimate of drug-likeness (QED) is 0.878. The van der Waals surface area contributed by atoms with Crippen LogP contribution in [0.1, 0.15) is 35.7 Å². The maximum Gasteiger partial charge on any atom is 0.335 e. The molecule has 2 rings (SSSR count). The van der Waals surface area contributed by atoms with Gasteiger partial charge in [-0.2, -0.15) is 0 Å². The zero-order valence-electron chi connectivity index (χ0n) is 9.82. The van der Waals surface area contributed by atoms with Crippen LogP contribution < -0.4 is 0 Å². The van der Waals surface area contributed by atoms with E-state index in [0.717, 1.165) is 31.0 Å². The van der Waals surface area contributed by atoms with Crippen LogP contribution in [0.3, 0.4) is 0 Å². The molecule has 0 amide bonds. The predicted octanol–water partition coefficient (Wildman–Crippen LogP) is 2.51. The Kier molecular flexibility index (Phi) is 3.43. The van der Waals surface area contributed by atoms with Crippen molar-refractivity contribution in [3.63, 3.8) is 0 Å². The van der Waals surface area contributed by atoms with E-state index in [2.05, 4.69) is 11.8 Å². The van der Waals surface area contributed by atoms with Crippen LogP contribution in [0.25, 0.3) is 0 Å². The first-order valence-electron chi connectivity index (χ1n) is 5.83. The average molecular weight is 237 g/mol. The maximum absolute atomic E-state index is 13.3. The van der Waals surface area contributed by atoms with E-state index in [0.29, 0.717) is 12.6 Å². The second-order valence-corrected chi connectivity index (χ2v) is 4.62. The summed E-state index contributed by atoms with van der Waals surface area (Å²) in [7, 11) is 0. The zero-order chi connectivity index (χ0) is 12.4. The summed E-state index contributed by atoms with van der Waals surface area (Å²) in [6.45, 7) is 3.77. The highest BCUT2D eigenvalue weighted by atomic mass is 19.1. The summed E-state index contributed by atoms with van der Waals surface area (Å²) in [6, 6.07) is 4.51. The van der Waals surface area contributed by atoms with E-state index >= 15 is 0 Å². The minimum atomic E-state index is -1.08. The number of carbonyl (C=O) groups is 1. The molecule has 0 spiro atoms. The van der Waals surface area contributed by atoms with Crippen molar-refractivity contribution >= 4 is 5.97 Å². The molecule has 0 bridgehead atoms. The molecule has 4 heteroatoms. The van der Waals surface area contributed by atoms with Gasteiger partial charge in [-0.25, -0.2) is 9.18 Å². The lowest BCUT2D eigenvalue weighted by Crippen LogP contribution is -2.26. The van der Waals surface area contributed by atoms with E-state index in [1.807, 2.05) is 0 Å². The Morgan fingerprint density at radius 3 is 2.88 bits per heavy atom. The highest BCUT2D eigenvalue weighted by Gasteiger charge is 2.20. The molecule has 1 heterocycles. The maximum atomic E-state index is 13.3. The topological polar surface area (TPSA) is 40.5 Å². The van der Waals surface area contributed by atoms with Crippen molar-refractivity contribution in [1.29, 1.82) is 0 Å². The average Bonchev–Trinajstić information content (AvgIpc) is 2.63. The van der Waals surface area contributed by atoms with E-state index in [1.165, 1.54) is 6.07 Å². The normalized spacial score (nSPS) is 20.7. The molecular weight excluding hydrogens is 221 g/mol. The van der Waals surface area contributed by atoms with E-state index in [1.54, 1.807) is 6.07 Å². The van der Waals surface area contributed by atoms with Gasteiger partial charge in [0.15, 0.2) is 0 Å². The molecule has 1 aromatic carbocycles. The molecule has 1 atom stereocenters. The van der Waals surface area contributed by atoms with Crippen molar-refractivity contribution in [2.24, 2.45) is 0 Å². The molecule has 1 saturated heterocycles. The van der Waals surface area contributed by atoms with E-state index in [9.17, 15) is 9.18 Å². The highest BCUT2D eigenvalue weighted by molar-refractivity contribution is 5.87. The minimum Gasteiger partial charge on any atom is -0.478 e. The number of likely N-dealkylation sites (tertiary alicyclic amines) is 1. The number of benzene rings is 1. The van der Waals surface area contributed by atoms with Crippen molar-refractivity contribution < 1.29 is 14.3 Å². The first kappa shape index (κ1) is 12.0. The summed E-state index contributed by atoms with van der Waals surface area (Å²) in [5.74, 6) is -1.56. The number of halogens is 1. The molecule has 0 aromatic heterocycles. The standard InChI is InChI=1S/C13H16FNO2/c1-9-3-2-4-15(9)8-10-5-11(13(16)17)7-12(14)6-10/h5-7,9H,2-4,8H2,1H3,(H,16,17). The third-order valence-corrected chi connectivity index (χ3v) is 3.28. The number of carboxylic acids is 1. The van der Waals surface area contributed by atoms with Crippen LogP contribution in [0.4, 0.5) is 4.39 Å². The van der Waals surface area contributed by atoms with Gasteiger partial charge < -0.3 is 5.11 Å². The van der Waals surface area contributed by atoms with Crippen molar-refractivity contribution in [2.75, 3.05) is 6.54 Å².